The van der Waals surface area contributed by atoms with Crippen molar-refractivity contribution < 1.29 is 4.79 Å². The molecule has 0 atom stereocenters. The van der Waals surface area contributed by atoms with Gasteiger partial charge in [0.2, 0.25) is 5.91 Å². The first-order chi connectivity index (χ1) is 11.7. The fraction of sp³-hybridized carbons (Fsp3) is 0.650. The van der Waals surface area contributed by atoms with Crippen LogP contribution < -0.4 is 0 Å². The van der Waals surface area contributed by atoms with Gasteiger partial charge < -0.3 is 4.90 Å². The van der Waals surface area contributed by atoms with E-state index in [0.29, 0.717) is 5.91 Å². The van der Waals surface area contributed by atoms with E-state index in [1.165, 1.54) is 31.2 Å². The Labute approximate surface area is 151 Å². The van der Waals surface area contributed by atoms with E-state index in [1.807, 2.05) is 12.1 Å². The van der Waals surface area contributed by atoms with Crippen molar-refractivity contribution in [2.24, 2.45) is 5.92 Å². The molecule has 1 aliphatic carbocycles. The van der Waals surface area contributed by atoms with Crippen LogP contribution in [0.3, 0.4) is 0 Å². The Bertz CT molecular complexity index is 525. The van der Waals surface area contributed by atoms with Crippen molar-refractivity contribution in [2.45, 2.75) is 51.5 Å². The molecule has 0 spiro atoms. The molecule has 1 heterocycles. The fourth-order valence-electron chi connectivity index (χ4n) is 4.01. The van der Waals surface area contributed by atoms with Gasteiger partial charge in [0, 0.05) is 44.2 Å². The molecule has 0 bridgehead atoms. The minimum Gasteiger partial charge on any atom is -0.341 e. The van der Waals surface area contributed by atoms with E-state index in [0.717, 1.165) is 62.9 Å². The summed E-state index contributed by atoms with van der Waals surface area (Å²) in [6.07, 6.45) is 8.32. The van der Waals surface area contributed by atoms with E-state index < -0.39 is 0 Å². The topological polar surface area (TPSA) is 23.6 Å². The molecular weight excluding hydrogens is 320 g/mol. The van der Waals surface area contributed by atoms with Crippen LogP contribution in [0.4, 0.5) is 0 Å². The Balaban J connectivity index is 1.43. The summed E-state index contributed by atoms with van der Waals surface area (Å²) < 4.78 is 0. The highest BCUT2D eigenvalue weighted by Gasteiger charge is 2.21. The number of carbonyl (C=O) groups is 1. The van der Waals surface area contributed by atoms with Gasteiger partial charge in [0.15, 0.2) is 0 Å². The van der Waals surface area contributed by atoms with Crippen LogP contribution in [0.25, 0.3) is 0 Å². The third-order valence-corrected chi connectivity index (χ3v) is 5.75. The van der Waals surface area contributed by atoms with Gasteiger partial charge in [-0.3, -0.25) is 9.69 Å². The molecule has 0 radical (unpaired) electrons. The zero-order valence-corrected chi connectivity index (χ0v) is 15.3. The SMILES string of the molecule is O=C(CCC1CCCC1)N1CCCN(Cc2ccc(Cl)cc2)CC1. The van der Waals surface area contributed by atoms with Crippen molar-refractivity contribution >= 4 is 17.5 Å². The van der Waals surface area contributed by atoms with E-state index in [1.54, 1.807) is 0 Å². The minimum atomic E-state index is 0.371. The molecule has 0 aromatic heterocycles. The normalized spacial score (nSPS) is 20.3. The lowest BCUT2D eigenvalue weighted by molar-refractivity contribution is -0.131. The second kappa shape index (κ2) is 8.87. The van der Waals surface area contributed by atoms with Gasteiger partial charge >= 0.3 is 0 Å². The Morgan fingerprint density at radius 1 is 1.00 bits per heavy atom. The van der Waals surface area contributed by atoms with Gasteiger partial charge in [-0.05, 0) is 36.5 Å². The molecule has 2 fully saturated rings. The van der Waals surface area contributed by atoms with Gasteiger partial charge in [0.1, 0.15) is 0 Å². The lowest BCUT2D eigenvalue weighted by Gasteiger charge is -2.22. The average Bonchev–Trinajstić information content (AvgIpc) is 3.00. The van der Waals surface area contributed by atoms with Crippen molar-refractivity contribution in [3.63, 3.8) is 0 Å². The summed E-state index contributed by atoms with van der Waals surface area (Å²) in [7, 11) is 0. The van der Waals surface area contributed by atoms with Crippen molar-refractivity contribution in [3.8, 4) is 0 Å². The molecule has 1 aromatic rings. The molecule has 0 unspecified atom stereocenters. The Morgan fingerprint density at radius 3 is 2.50 bits per heavy atom. The van der Waals surface area contributed by atoms with E-state index >= 15 is 0 Å². The molecule has 2 aliphatic rings. The first-order valence-electron chi connectivity index (χ1n) is 9.45. The van der Waals surface area contributed by atoms with Crippen LogP contribution in [0, 0.1) is 5.92 Å². The van der Waals surface area contributed by atoms with Crippen molar-refractivity contribution in [3.05, 3.63) is 34.9 Å². The van der Waals surface area contributed by atoms with Gasteiger partial charge in [-0.25, -0.2) is 0 Å². The summed E-state index contributed by atoms with van der Waals surface area (Å²) in [5, 5.41) is 0.786. The molecule has 1 saturated carbocycles. The molecule has 1 saturated heterocycles. The highest BCUT2D eigenvalue weighted by molar-refractivity contribution is 6.30. The van der Waals surface area contributed by atoms with Gasteiger partial charge in [0.05, 0.1) is 0 Å². The number of amides is 1. The molecule has 0 N–H and O–H groups in total. The summed E-state index contributed by atoms with van der Waals surface area (Å²) >= 11 is 5.95. The van der Waals surface area contributed by atoms with Crippen molar-refractivity contribution in [2.75, 3.05) is 26.2 Å². The number of halogens is 1. The Kier molecular flexibility index (Phi) is 6.56. The Morgan fingerprint density at radius 2 is 1.75 bits per heavy atom. The zero-order valence-electron chi connectivity index (χ0n) is 14.6. The first-order valence-corrected chi connectivity index (χ1v) is 9.83. The molecule has 3 rings (SSSR count). The predicted octanol–water partition coefficient (Wildman–Crippen LogP) is 4.34. The van der Waals surface area contributed by atoms with Crippen LogP contribution in [-0.4, -0.2) is 41.9 Å². The predicted molar refractivity (Wildman–Crippen MR) is 99.1 cm³/mol. The summed E-state index contributed by atoms with van der Waals surface area (Å²) in [5.74, 6) is 1.18. The molecule has 1 aromatic carbocycles. The summed E-state index contributed by atoms with van der Waals surface area (Å²) in [6, 6.07) is 8.09. The molecule has 132 valence electrons. The number of nitrogens with zero attached hydrogens (tertiary/aromatic N) is 2. The van der Waals surface area contributed by atoms with Crippen LogP contribution in [0.15, 0.2) is 24.3 Å². The number of carbonyl (C=O) groups excluding carboxylic acids is 1. The average molecular weight is 349 g/mol. The zero-order chi connectivity index (χ0) is 16.8. The molecule has 1 aliphatic heterocycles. The lowest BCUT2D eigenvalue weighted by Crippen LogP contribution is -2.35. The van der Waals surface area contributed by atoms with Crippen LogP contribution >= 0.6 is 11.6 Å². The van der Waals surface area contributed by atoms with Crippen LogP contribution in [0.5, 0.6) is 0 Å². The third kappa shape index (κ3) is 5.22. The highest BCUT2D eigenvalue weighted by atomic mass is 35.5. The van der Waals surface area contributed by atoms with Gasteiger partial charge in [-0.2, -0.15) is 0 Å². The molecule has 1 amide bonds. The van der Waals surface area contributed by atoms with E-state index in [4.69, 9.17) is 11.6 Å². The lowest BCUT2D eigenvalue weighted by atomic mass is 10.0. The molecule has 4 heteroatoms. The van der Waals surface area contributed by atoms with E-state index in [9.17, 15) is 4.79 Å². The van der Waals surface area contributed by atoms with Crippen LogP contribution in [-0.2, 0) is 11.3 Å². The van der Waals surface area contributed by atoms with Crippen molar-refractivity contribution in [1.82, 2.24) is 9.80 Å². The summed E-state index contributed by atoms with van der Waals surface area (Å²) in [5.41, 5.74) is 1.29. The standard InChI is InChI=1S/C20H29ClN2O/c21-19-9-6-18(7-10-19)16-22-12-3-13-23(15-14-22)20(24)11-8-17-4-1-2-5-17/h6-7,9-10,17H,1-5,8,11-16H2. The minimum absolute atomic E-state index is 0.371. The Hall–Kier alpha value is -1.06. The molecule has 24 heavy (non-hydrogen) atoms. The first kappa shape index (κ1) is 17.8. The van der Waals surface area contributed by atoms with E-state index in [-0.39, 0.29) is 0 Å². The number of hydrogen-bond donors (Lipinski definition) is 0. The third-order valence-electron chi connectivity index (χ3n) is 5.50. The highest BCUT2D eigenvalue weighted by Crippen LogP contribution is 2.28. The van der Waals surface area contributed by atoms with E-state index in [2.05, 4.69) is 21.9 Å². The maximum Gasteiger partial charge on any atom is 0.222 e. The second-order valence-electron chi connectivity index (χ2n) is 7.33. The largest absolute Gasteiger partial charge is 0.341 e. The van der Waals surface area contributed by atoms with Crippen LogP contribution in [0.1, 0.15) is 50.5 Å². The maximum atomic E-state index is 12.5. The van der Waals surface area contributed by atoms with Crippen LogP contribution in [0.2, 0.25) is 5.02 Å². The van der Waals surface area contributed by atoms with Gasteiger partial charge in [-0.15, -0.1) is 0 Å². The fourth-order valence-corrected chi connectivity index (χ4v) is 4.14. The maximum absolute atomic E-state index is 12.5. The quantitative estimate of drug-likeness (QED) is 0.790. The summed E-state index contributed by atoms with van der Waals surface area (Å²) in [6.45, 7) is 4.77. The summed E-state index contributed by atoms with van der Waals surface area (Å²) in [4.78, 5) is 17.0. The molecular formula is C20H29ClN2O. The number of rotatable bonds is 5. The van der Waals surface area contributed by atoms with Gasteiger partial charge in [0.25, 0.3) is 0 Å². The van der Waals surface area contributed by atoms with Crippen molar-refractivity contribution in [1.29, 1.82) is 0 Å². The second-order valence-corrected chi connectivity index (χ2v) is 7.76. The monoisotopic (exact) mass is 348 g/mol. The van der Waals surface area contributed by atoms with Gasteiger partial charge in [-0.1, -0.05) is 49.4 Å². The molecule has 3 nitrogen and oxygen atoms in total. The number of benzene rings is 1. The number of hydrogen-bond acceptors (Lipinski definition) is 2. The smallest absolute Gasteiger partial charge is 0.222 e.